The third kappa shape index (κ3) is 9.98. The first-order chi connectivity index (χ1) is 12.1. The molecule has 25 heavy (non-hydrogen) atoms. The van der Waals surface area contributed by atoms with Gasteiger partial charge in [0.2, 0.25) is 0 Å². The maximum Gasteiger partial charge on any atom is 0.113 e. The zero-order valence-electron chi connectivity index (χ0n) is 16.3. The Hall–Kier alpha value is -0.900. The van der Waals surface area contributed by atoms with E-state index in [1.54, 1.807) is 0 Å². The van der Waals surface area contributed by atoms with Crippen LogP contribution in [0.2, 0.25) is 0 Å². The highest BCUT2D eigenvalue weighted by Crippen LogP contribution is 2.28. The molecule has 0 amide bonds. The second-order valence-electron chi connectivity index (χ2n) is 7.58. The molecule has 1 aromatic rings. The van der Waals surface area contributed by atoms with Gasteiger partial charge in [0, 0.05) is 0 Å². The number of ether oxygens (including phenoxy) is 1. The van der Waals surface area contributed by atoms with E-state index in [0.717, 1.165) is 24.3 Å². The lowest BCUT2D eigenvalue weighted by molar-refractivity contribution is -0.0636. The van der Waals surface area contributed by atoms with Gasteiger partial charge in [0.05, 0.1) is 19.8 Å². The molecule has 0 fully saturated rings. The van der Waals surface area contributed by atoms with Crippen molar-refractivity contribution in [1.82, 2.24) is 0 Å². The molecule has 144 valence electrons. The van der Waals surface area contributed by atoms with Crippen molar-refractivity contribution in [3.8, 4) is 0 Å². The van der Waals surface area contributed by atoms with Gasteiger partial charge in [-0.25, -0.2) is 0 Å². The van der Waals surface area contributed by atoms with Gasteiger partial charge in [0.15, 0.2) is 0 Å². The van der Waals surface area contributed by atoms with Gasteiger partial charge < -0.3 is 14.9 Å². The van der Waals surface area contributed by atoms with Crippen LogP contribution in [0.15, 0.2) is 30.3 Å². The van der Waals surface area contributed by atoms with Crippen LogP contribution < -0.4 is 0 Å². The van der Waals surface area contributed by atoms with Crippen molar-refractivity contribution in [2.75, 3.05) is 19.8 Å². The molecule has 1 aromatic carbocycles. The zero-order valence-corrected chi connectivity index (χ0v) is 16.3. The van der Waals surface area contributed by atoms with E-state index in [2.05, 4.69) is 13.8 Å². The van der Waals surface area contributed by atoms with Gasteiger partial charge in [-0.1, -0.05) is 95.5 Å². The SMILES string of the molecule is CC(C)CCCCCCCCCC(O)(COCCO)c1ccccc1. The van der Waals surface area contributed by atoms with E-state index in [-0.39, 0.29) is 19.8 Å². The van der Waals surface area contributed by atoms with E-state index in [1.807, 2.05) is 30.3 Å². The molecule has 0 aromatic heterocycles. The monoisotopic (exact) mass is 350 g/mol. The molecule has 0 aliphatic carbocycles. The molecule has 2 N–H and O–H groups in total. The minimum atomic E-state index is -0.951. The lowest BCUT2D eigenvalue weighted by atomic mass is 9.88. The van der Waals surface area contributed by atoms with Crippen molar-refractivity contribution in [3.63, 3.8) is 0 Å². The van der Waals surface area contributed by atoms with Crippen LogP contribution in [0, 0.1) is 5.92 Å². The van der Waals surface area contributed by atoms with Crippen LogP contribution in [0.4, 0.5) is 0 Å². The Morgan fingerprint density at radius 2 is 1.52 bits per heavy atom. The third-order valence-electron chi connectivity index (χ3n) is 4.76. The van der Waals surface area contributed by atoms with Crippen molar-refractivity contribution >= 4 is 0 Å². The van der Waals surface area contributed by atoms with Gasteiger partial charge in [-0.15, -0.1) is 0 Å². The minimum absolute atomic E-state index is 0.0122. The number of hydrogen-bond donors (Lipinski definition) is 2. The van der Waals surface area contributed by atoms with Crippen LogP contribution >= 0.6 is 0 Å². The smallest absolute Gasteiger partial charge is 0.113 e. The van der Waals surface area contributed by atoms with Crippen LogP contribution in [0.1, 0.15) is 77.2 Å². The number of benzene rings is 1. The van der Waals surface area contributed by atoms with Crippen LogP contribution in [0.3, 0.4) is 0 Å². The zero-order chi connectivity index (χ0) is 18.4. The second kappa shape index (κ2) is 13.3. The van der Waals surface area contributed by atoms with Crippen molar-refractivity contribution in [2.45, 2.75) is 77.2 Å². The molecule has 0 aliphatic rings. The standard InChI is InChI=1S/C22H38O3/c1-20(2)13-9-6-4-3-5-7-12-16-22(24,19-25-18-17-23)21-14-10-8-11-15-21/h8,10-11,14-15,20,23-24H,3-7,9,12-13,16-19H2,1-2H3. The fourth-order valence-electron chi connectivity index (χ4n) is 3.21. The molecule has 0 saturated carbocycles. The molecule has 0 heterocycles. The minimum Gasteiger partial charge on any atom is -0.394 e. The van der Waals surface area contributed by atoms with Crippen LogP contribution in [-0.4, -0.2) is 30.0 Å². The predicted molar refractivity (Wildman–Crippen MR) is 105 cm³/mol. The Labute approximate surface area is 154 Å². The van der Waals surface area contributed by atoms with Crippen LogP contribution in [-0.2, 0) is 10.3 Å². The topological polar surface area (TPSA) is 49.7 Å². The van der Waals surface area contributed by atoms with E-state index in [0.29, 0.717) is 6.42 Å². The summed E-state index contributed by atoms with van der Waals surface area (Å²) in [7, 11) is 0. The Kier molecular flexibility index (Phi) is 11.8. The fraction of sp³-hybridized carbons (Fsp3) is 0.727. The molecule has 1 unspecified atom stereocenters. The summed E-state index contributed by atoms with van der Waals surface area (Å²) in [6, 6.07) is 9.76. The van der Waals surface area contributed by atoms with Crippen molar-refractivity contribution < 1.29 is 14.9 Å². The Morgan fingerprint density at radius 3 is 2.12 bits per heavy atom. The number of aliphatic hydroxyl groups excluding tert-OH is 1. The maximum atomic E-state index is 11.0. The molecule has 0 radical (unpaired) electrons. The van der Waals surface area contributed by atoms with Gasteiger partial charge in [-0.2, -0.15) is 0 Å². The van der Waals surface area contributed by atoms with Gasteiger partial charge in [0.1, 0.15) is 5.60 Å². The molecule has 0 aliphatic heterocycles. The van der Waals surface area contributed by atoms with Crippen molar-refractivity contribution in [2.24, 2.45) is 5.92 Å². The fourth-order valence-corrected chi connectivity index (χ4v) is 3.21. The molecular formula is C22H38O3. The lowest BCUT2D eigenvalue weighted by Gasteiger charge is -2.28. The van der Waals surface area contributed by atoms with E-state index >= 15 is 0 Å². The largest absolute Gasteiger partial charge is 0.394 e. The summed E-state index contributed by atoms with van der Waals surface area (Å²) in [5.41, 5.74) is -0.0464. The first kappa shape index (κ1) is 22.1. The normalized spacial score (nSPS) is 14.0. The molecule has 3 heteroatoms. The van der Waals surface area contributed by atoms with Gasteiger partial charge >= 0.3 is 0 Å². The highest BCUT2D eigenvalue weighted by atomic mass is 16.5. The summed E-state index contributed by atoms with van der Waals surface area (Å²) in [5.74, 6) is 0.823. The lowest BCUT2D eigenvalue weighted by Crippen LogP contribution is -2.32. The summed E-state index contributed by atoms with van der Waals surface area (Å²) in [6.07, 6.45) is 10.8. The Balaban J connectivity index is 2.27. The molecule has 1 rings (SSSR count). The molecule has 3 nitrogen and oxygen atoms in total. The first-order valence-corrected chi connectivity index (χ1v) is 10.0. The molecule has 1 atom stereocenters. The van der Waals surface area contributed by atoms with Gasteiger partial charge in [-0.3, -0.25) is 0 Å². The van der Waals surface area contributed by atoms with E-state index in [4.69, 9.17) is 9.84 Å². The number of aliphatic hydroxyl groups is 2. The molecular weight excluding hydrogens is 312 g/mol. The average molecular weight is 351 g/mol. The number of rotatable bonds is 15. The van der Waals surface area contributed by atoms with Crippen molar-refractivity contribution in [1.29, 1.82) is 0 Å². The molecule has 0 spiro atoms. The Bertz CT molecular complexity index is 419. The second-order valence-corrected chi connectivity index (χ2v) is 7.58. The highest BCUT2D eigenvalue weighted by molar-refractivity contribution is 5.22. The molecule has 0 saturated heterocycles. The summed E-state index contributed by atoms with van der Waals surface area (Å²) in [5, 5.41) is 19.9. The van der Waals surface area contributed by atoms with Gasteiger partial charge in [0.25, 0.3) is 0 Å². The van der Waals surface area contributed by atoms with Gasteiger partial charge in [-0.05, 0) is 17.9 Å². The number of unbranched alkanes of at least 4 members (excludes halogenated alkanes) is 6. The maximum absolute atomic E-state index is 11.0. The summed E-state index contributed by atoms with van der Waals surface area (Å²) in [4.78, 5) is 0. The average Bonchev–Trinajstić information content (AvgIpc) is 2.61. The summed E-state index contributed by atoms with van der Waals surface area (Å²) < 4.78 is 5.44. The quantitative estimate of drug-likeness (QED) is 0.435. The summed E-state index contributed by atoms with van der Waals surface area (Å²) in [6.45, 7) is 5.08. The van der Waals surface area contributed by atoms with E-state index in [1.165, 1.54) is 38.5 Å². The van der Waals surface area contributed by atoms with E-state index in [9.17, 15) is 5.11 Å². The van der Waals surface area contributed by atoms with E-state index < -0.39 is 5.60 Å². The third-order valence-corrected chi connectivity index (χ3v) is 4.76. The van der Waals surface area contributed by atoms with Crippen LogP contribution in [0.25, 0.3) is 0 Å². The van der Waals surface area contributed by atoms with Crippen LogP contribution in [0.5, 0.6) is 0 Å². The highest BCUT2D eigenvalue weighted by Gasteiger charge is 2.28. The van der Waals surface area contributed by atoms with Crippen molar-refractivity contribution in [3.05, 3.63) is 35.9 Å². The molecule has 0 bridgehead atoms. The first-order valence-electron chi connectivity index (χ1n) is 10.0. The summed E-state index contributed by atoms with van der Waals surface area (Å²) >= 11 is 0. The number of hydrogen-bond acceptors (Lipinski definition) is 3. The predicted octanol–water partition coefficient (Wildman–Crippen LogP) is 5.05. The Morgan fingerprint density at radius 1 is 0.920 bits per heavy atom.